The summed E-state index contributed by atoms with van der Waals surface area (Å²) in [6.45, 7) is 7.80. The highest BCUT2D eigenvalue weighted by Crippen LogP contribution is 2.48. The molecular formula is C30H35NO4. The summed E-state index contributed by atoms with van der Waals surface area (Å²) in [4.78, 5) is 28.7. The molecule has 0 saturated heterocycles. The van der Waals surface area contributed by atoms with Crippen LogP contribution >= 0.6 is 0 Å². The van der Waals surface area contributed by atoms with E-state index in [9.17, 15) is 19.8 Å². The maximum absolute atomic E-state index is 13.3. The van der Waals surface area contributed by atoms with Gasteiger partial charge in [-0.15, -0.1) is 0 Å². The molecule has 2 aliphatic carbocycles. The lowest BCUT2D eigenvalue weighted by Crippen LogP contribution is -2.33. The fraction of sp³-hybridized carbons (Fsp3) is 0.400. The van der Waals surface area contributed by atoms with E-state index >= 15 is 0 Å². The summed E-state index contributed by atoms with van der Waals surface area (Å²) in [7, 11) is 1.98. The summed E-state index contributed by atoms with van der Waals surface area (Å²) in [6, 6.07) is 17.6. The van der Waals surface area contributed by atoms with Gasteiger partial charge in [-0.25, -0.2) is 0 Å². The normalized spacial score (nSPS) is 19.9. The minimum absolute atomic E-state index is 0.0136. The van der Waals surface area contributed by atoms with Gasteiger partial charge < -0.3 is 15.1 Å². The number of rotatable bonds is 5. The van der Waals surface area contributed by atoms with Gasteiger partial charge in [-0.1, -0.05) is 58.0 Å². The number of anilines is 2. The van der Waals surface area contributed by atoms with Crippen molar-refractivity contribution in [1.29, 1.82) is 0 Å². The van der Waals surface area contributed by atoms with Crippen LogP contribution in [0.5, 0.6) is 0 Å². The second-order valence-electron chi connectivity index (χ2n) is 11.5. The van der Waals surface area contributed by atoms with Crippen molar-refractivity contribution in [2.75, 3.05) is 11.9 Å². The highest BCUT2D eigenvalue weighted by atomic mass is 16.3. The molecular weight excluding hydrogens is 438 g/mol. The first-order valence-corrected chi connectivity index (χ1v) is 12.2. The van der Waals surface area contributed by atoms with Crippen molar-refractivity contribution in [2.24, 2.45) is 10.8 Å². The average molecular weight is 474 g/mol. The maximum atomic E-state index is 13.3. The van der Waals surface area contributed by atoms with E-state index in [2.05, 4.69) is 4.90 Å². The Morgan fingerprint density at radius 1 is 0.686 bits per heavy atom. The number of aliphatic hydroxyl groups is 2. The number of allylic oxidation sites excluding steroid dienone is 4. The second-order valence-corrected chi connectivity index (χ2v) is 11.5. The fourth-order valence-electron chi connectivity index (χ4n) is 5.43. The standard InChI is InChI=1S/C30H35NO4/c1-29(2)15-22(32)27(23(33)16-29)26(28-24(34)17-30(3,4)18-25(28)35)19-11-13-21(14-12-19)31(5)20-9-7-6-8-10-20/h6-14,26,32,34H,15-18H2,1-5H3. The predicted molar refractivity (Wildman–Crippen MR) is 139 cm³/mol. The van der Waals surface area contributed by atoms with Crippen molar-refractivity contribution in [3.05, 3.63) is 82.8 Å². The van der Waals surface area contributed by atoms with E-state index in [1.54, 1.807) is 0 Å². The number of para-hydroxylation sites is 1. The first kappa shape index (κ1) is 24.8. The molecule has 0 aliphatic heterocycles. The molecule has 0 unspecified atom stereocenters. The first-order valence-electron chi connectivity index (χ1n) is 12.2. The van der Waals surface area contributed by atoms with Gasteiger partial charge in [0.25, 0.3) is 0 Å². The van der Waals surface area contributed by atoms with Crippen LogP contribution in [0.25, 0.3) is 0 Å². The number of aliphatic hydroxyl groups excluding tert-OH is 2. The zero-order valence-electron chi connectivity index (χ0n) is 21.3. The largest absolute Gasteiger partial charge is 0.512 e. The Bertz CT molecular complexity index is 1150. The highest BCUT2D eigenvalue weighted by Gasteiger charge is 2.43. The number of benzene rings is 2. The molecule has 5 nitrogen and oxygen atoms in total. The molecule has 0 fully saturated rings. The van der Waals surface area contributed by atoms with Gasteiger partial charge in [0.05, 0.1) is 0 Å². The van der Waals surface area contributed by atoms with Gasteiger partial charge in [-0.05, 0) is 40.7 Å². The minimum atomic E-state index is -0.793. The van der Waals surface area contributed by atoms with Gasteiger partial charge >= 0.3 is 0 Å². The Morgan fingerprint density at radius 2 is 1.11 bits per heavy atom. The van der Waals surface area contributed by atoms with E-state index in [0.717, 1.165) is 11.4 Å². The van der Waals surface area contributed by atoms with Crippen LogP contribution in [-0.4, -0.2) is 28.8 Å². The van der Waals surface area contributed by atoms with Crippen molar-refractivity contribution in [3.63, 3.8) is 0 Å². The molecule has 0 amide bonds. The van der Waals surface area contributed by atoms with Gasteiger partial charge in [0.1, 0.15) is 11.5 Å². The minimum Gasteiger partial charge on any atom is -0.512 e. The molecule has 0 saturated carbocycles. The number of hydrogen-bond donors (Lipinski definition) is 2. The molecule has 0 atom stereocenters. The van der Waals surface area contributed by atoms with Crippen LogP contribution in [0.1, 0.15) is 64.9 Å². The molecule has 2 N–H and O–H groups in total. The molecule has 184 valence electrons. The van der Waals surface area contributed by atoms with Crippen LogP contribution in [0.4, 0.5) is 11.4 Å². The summed E-state index contributed by atoms with van der Waals surface area (Å²) in [5.74, 6) is -1.11. The Morgan fingerprint density at radius 3 is 1.54 bits per heavy atom. The summed E-state index contributed by atoms with van der Waals surface area (Å²) >= 11 is 0. The van der Waals surface area contributed by atoms with Crippen molar-refractivity contribution >= 4 is 22.9 Å². The van der Waals surface area contributed by atoms with Crippen LogP contribution < -0.4 is 4.90 Å². The zero-order valence-corrected chi connectivity index (χ0v) is 21.3. The van der Waals surface area contributed by atoms with Gasteiger partial charge in [0.15, 0.2) is 11.6 Å². The monoisotopic (exact) mass is 473 g/mol. The van der Waals surface area contributed by atoms with Crippen LogP contribution in [0, 0.1) is 10.8 Å². The fourth-order valence-corrected chi connectivity index (χ4v) is 5.43. The Kier molecular flexibility index (Phi) is 6.39. The second kappa shape index (κ2) is 9.03. The lowest BCUT2D eigenvalue weighted by Gasteiger charge is -2.36. The molecule has 0 heterocycles. The van der Waals surface area contributed by atoms with Crippen molar-refractivity contribution in [1.82, 2.24) is 0 Å². The van der Waals surface area contributed by atoms with Gasteiger partial charge in [0, 0.05) is 61.2 Å². The predicted octanol–water partition coefficient (Wildman–Crippen LogP) is 6.94. The Hall–Kier alpha value is -3.34. The number of nitrogens with zero attached hydrogens (tertiary/aromatic N) is 1. The number of carbonyl (C=O) groups excluding carboxylic acids is 2. The molecule has 35 heavy (non-hydrogen) atoms. The summed E-state index contributed by atoms with van der Waals surface area (Å²) in [5.41, 5.74) is 2.46. The molecule has 2 aromatic carbocycles. The molecule has 4 rings (SSSR count). The van der Waals surface area contributed by atoms with Crippen molar-refractivity contribution in [2.45, 2.75) is 59.3 Å². The summed E-state index contributed by atoms with van der Waals surface area (Å²) in [5, 5.41) is 22.1. The van der Waals surface area contributed by atoms with Crippen LogP contribution in [0.15, 0.2) is 77.3 Å². The molecule has 0 spiro atoms. The highest BCUT2D eigenvalue weighted by molar-refractivity contribution is 6.05. The third kappa shape index (κ3) is 5.04. The van der Waals surface area contributed by atoms with Gasteiger partial charge in [0.2, 0.25) is 0 Å². The third-order valence-corrected chi connectivity index (χ3v) is 7.13. The van der Waals surface area contributed by atoms with Crippen molar-refractivity contribution < 1.29 is 19.8 Å². The van der Waals surface area contributed by atoms with E-state index in [0.29, 0.717) is 18.4 Å². The lowest BCUT2D eigenvalue weighted by atomic mass is 9.67. The van der Waals surface area contributed by atoms with Gasteiger partial charge in [-0.2, -0.15) is 0 Å². The van der Waals surface area contributed by atoms with E-state index in [1.807, 2.05) is 89.3 Å². The lowest BCUT2D eigenvalue weighted by molar-refractivity contribution is -0.119. The summed E-state index contributed by atoms with van der Waals surface area (Å²) in [6.07, 6.45) is 1.27. The summed E-state index contributed by atoms with van der Waals surface area (Å²) < 4.78 is 0. The van der Waals surface area contributed by atoms with E-state index in [1.165, 1.54) is 0 Å². The number of ketones is 2. The smallest absolute Gasteiger partial charge is 0.163 e. The Labute approximate surface area is 207 Å². The van der Waals surface area contributed by atoms with E-state index in [4.69, 9.17) is 0 Å². The zero-order chi connectivity index (χ0) is 25.5. The molecule has 2 aliphatic rings. The molecule has 0 bridgehead atoms. The van der Waals surface area contributed by atoms with Crippen LogP contribution in [0.2, 0.25) is 0 Å². The quantitative estimate of drug-likeness (QED) is 0.492. The van der Waals surface area contributed by atoms with Crippen LogP contribution in [0.3, 0.4) is 0 Å². The first-order chi connectivity index (χ1) is 16.4. The number of hydrogen-bond acceptors (Lipinski definition) is 5. The van der Waals surface area contributed by atoms with E-state index < -0.39 is 5.92 Å². The number of Topliss-reactive ketones (excluding diaryl/α,β-unsaturated/α-hetero) is 2. The molecule has 0 aromatic heterocycles. The van der Waals surface area contributed by atoms with Crippen molar-refractivity contribution in [3.8, 4) is 0 Å². The average Bonchev–Trinajstić information content (AvgIpc) is 2.76. The maximum Gasteiger partial charge on any atom is 0.163 e. The molecule has 2 aromatic rings. The molecule has 0 radical (unpaired) electrons. The SMILES string of the molecule is CN(c1ccccc1)c1ccc(C(C2=C(O)CC(C)(C)CC2=O)C2=C(O)CC(C)(C)CC2=O)cc1. The van der Waals surface area contributed by atoms with Crippen LogP contribution in [-0.2, 0) is 9.59 Å². The van der Waals surface area contributed by atoms with Gasteiger partial charge in [-0.3, -0.25) is 9.59 Å². The number of carbonyl (C=O) groups is 2. The van der Waals surface area contributed by atoms with E-state index in [-0.39, 0.29) is 57.9 Å². The third-order valence-electron chi connectivity index (χ3n) is 7.13. The topological polar surface area (TPSA) is 77.8 Å². The molecule has 5 heteroatoms. The Balaban J connectivity index is 1.82.